The van der Waals surface area contributed by atoms with Crippen molar-refractivity contribution in [3.05, 3.63) is 29.0 Å². The topological polar surface area (TPSA) is 78.8 Å². The first-order valence-corrected chi connectivity index (χ1v) is 12.8. The Kier molecular flexibility index (Phi) is 6.17. The SMILES string of the molecule is Cc1csc(N2CCCN(C(=O)c3cc(S(=O)(=O)N4CCCCC4)cn3C)CC2)n1. The fourth-order valence-corrected chi connectivity index (χ4v) is 6.55. The summed E-state index contributed by atoms with van der Waals surface area (Å²) in [5.41, 5.74) is 1.43. The number of thiazole rings is 1. The van der Waals surface area contributed by atoms with Gasteiger partial charge in [0, 0.05) is 57.9 Å². The number of hydrogen-bond donors (Lipinski definition) is 0. The van der Waals surface area contributed by atoms with Crippen LogP contribution in [0, 0.1) is 6.92 Å². The molecule has 0 bridgehead atoms. The second-order valence-corrected chi connectivity index (χ2v) is 10.8. The Morgan fingerprint density at radius 1 is 1.03 bits per heavy atom. The van der Waals surface area contributed by atoms with Crippen molar-refractivity contribution in [3.63, 3.8) is 0 Å². The van der Waals surface area contributed by atoms with Crippen LogP contribution in [0.15, 0.2) is 22.5 Å². The molecule has 30 heavy (non-hydrogen) atoms. The Morgan fingerprint density at radius 3 is 2.50 bits per heavy atom. The molecule has 0 atom stereocenters. The van der Waals surface area contributed by atoms with E-state index in [9.17, 15) is 13.2 Å². The zero-order valence-electron chi connectivity index (χ0n) is 17.6. The lowest BCUT2D eigenvalue weighted by Crippen LogP contribution is -2.36. The fourth-order valence-electron chi connectivity index (χ4n) is 4.10. The van der Waals surface area contributed by atoms with Crippen molar-refractivity contribution in [3.8, 4) is 0 Å². The molecule has 2 fully saturated rings. The highest BCUT2D eigenvalue weighted by atomic mass is 32.2. The zero-order chi connectivity index (χ0) is 21.3. The number of amides is 1. The van der Waals surface area contributed by atoms with E-state index in [1.54, 1.807) is 39.5 Å². The van der Waals surface area contributed by atoms with Crippen molar-refractivity contribution in [1.29, 1.82) is 0 Å². The second-order valence-electron chi connectivity index (χ2n) is 8.04. The van der Waals surface area contributed by atoms with Gasteiger partial charge in [0.2, 0.25) is 10.0 Å². The summed E-state index contributed by atoms with van der Waals surface area (Å²) >= 11 is 1.63. The molecular formula is C20H29N5O3S2. The van der Waals surface area contributed by atoms with Crippen LogP contribution >= 0.6 is 11.3 Å². The Hall–Kier alpha value is -1.91. The molecule has 4 heterocycles. The van der Waals surface area contributed by atoms with E-state index in [2.05, 4.69) is 9.88 Å². The van der Waals surface area contributed by atoms with E-state index in [0.29, 0.717) is 31.9 Å². The number of carbonyl (C=O) groups excluding carboxylic acids is 1. The van der Waals surface area contributed by atoms with Gasteiger partial charge >= 0.3 is 0 Å². The molecule has 2 saturated heterocycles. The molecule has 2 aliphatic rings. The van der Waals surface area contributed by atoms with Crippen molar-refractivity contribution in [2.75, 3.05) is 44.2 Å². The van der Waals surface area contributed by atoms with Gasteiger partial charge in [0.15, 0.2) is 5.13 Å². The molecule has 0 N–H and O–H groups in total. The van der Waals surface area contributed by atoms with Gasteiger partial charge < -0.3 is 14.4 Å². The predicted molar refractivity (Wildman–Crippen MR) is 118 cm³/mol. The monoisotopic (exact) mass is 451 g/mol. The second kappa shape index (κ2) is 8.68. The van der Waals surface area contributed by atoms with E-state index in [0.717, 1.165) is 49.6 Å². The quantitative estimate of drug-likeness (QED) is 0.713. The summed E-state index contributed by atoms with van der Waals surface area (Å²) in [5, 5.41) is 3.04. The normalized spacial score (nSPS) is 19.1. The number of piperidine rings is 1. The number of aryl methyl sites for hydroxylation is 2. The summed E-state index contributed by atoms with van der Waals surface area (Å²) in [6.45, 7) is 5.92. The van der Waals surface area contributed by atoms with Crippen molar-refractivity contribution in [2.45, 2.75) is 37.5 Å². The highest BCUT2D eigenvalue weighted by Gasteiger charge is 2.30. The summed E-state index contributed by atoms with van der Waals surface area (Å²) in [7, 11) is -1.81. The molecule has 4 rings (SSSR count). The lowest BCUT2D eigenvalue weighted by Gasteiger charge is -2.25. The molecule has 0 radical (unpaired) electrons. The fraction of sp³-hybridized carbons (Fsp3) is 0.600. The van der Waals surface area contributed by atoms with Crippen LogP contribution in [-0.4, -0.2) is 72.3 Å². The molecule has 8 nitrogen and oxygen atoms in total. The molecule has 2 aliphatic heterocycles. The highest BCUT2D eigenvalue weighted by Crippen LogP contribution is 2.24. The highest BCUT2D eigenvalue weighted by molar-refractivity contribution is 7.89. The van der Waals surface area contributed by atoms with Crippen molar-refractivity contribution < 1.29 is 13.2 Å². The van der Waals surface area contributed by atoms with E-state index >= 15 is 0 Å². The lowest BCUT2D eigenvalue weighted by molar-refractivity contribution is 0.0757. The lowest BCUT2D eigenvalue weighted by atomic mass is 10.2. The number of sulfonamides is 1. The maximum atomic E-state index is 13.2. The standard InChI is InChI=1S/C20H29N5O3S2/c1-16-15-29-20(21-16)24-8-6-7-23(11-12-24)19(26)18-13-17(14-22(18)2)30(27,28)25-9-4-3-5-10-25/h13-15H,3-12H2,1-2H3. The number of anilines is 1. The van der Waals surface area contributed by atoms with Gasteiger partial charge in [-0.05, 0) is 32.3 Å². The van der Waals surface area contributed by atoms with Gasteiger partial charge in [-0.15, -0.1) is 11.3 Å². The van der Waals surface area contributed by atoms with Gasteiger partial charge in [0.05, 0.1) is 5.69 Å². The number of nitrogens with zero attached hydrogens (tertiary/aromatic N) is 5. The smallest absolute Gasteiger partial charge is 0.270 e. The van der Waals surface area contributed by atoms with Crippen molar-refractivity contribution in [1.82, 2.24) is 18.8 Å². The molecule has 0 aliphatic carbocycles. The van der Waals surface area contributed by atoms with Crippen molar-refractivity contribution in [2.24, 2.45) is 7.05 Å². The Labute approximate surface area is 182 Å². The summed E-state index contributed by atoms with van der Waals surface area (Å²) in [5.74, 6) is -0.116. The average molecular weight is 452 g/mol. The average Bonchev–Trinajstić information content (AvgIpc) is 3.26. The molecule has 0 saturated carbocycles. The summed E-state index contributed by atoms with van der Waals surface area (Å²) in [4.78, 5) is 22.0. The van der Waals surface area contributed by atoms with Gasteiger partial charge in [0.1, 0.15) is 10.6 Å². The third-order valence-electron chi connectivity index (χ3n) is 5.81. The first-order valence-electron chi connectivity index (χ1n) is 10.5. The molecule has 1 amide bonds. The largest absolute Gasteiger partial charge is 0.346 e. The molecular weight excluding hydrogens is 422 g/mol. The number of aromatic nitrogens is 2. The Balaban J connectivity index is 1.48. The van der Waals surface area contributed by atoms with Crippen LogP contribution in [-0.2, 0) is 17.1 Å². The van der Waals surface area contributed by atoms with Gasteiger partial charge in [0.25, 0.3) is 5.91 Å². The van der Waals surface area contributed by atoms with Crippen molar-refractivity contribution >= 4 is 32.4 Å². The summed E-state index contributed by atoms with van der Waals surface area (Å²) in [6, 6.07) is 1.54. The van der Waals surface area contributed by atoms with Crippen LogP contribution < -0.4 is 4.90 Å². The Morgan fingerprint density at radius 2 is 1.80 bits per heavy atom. The summed E-state index contributed by atoms with van der Waals surface area (Å²) in [6.07, 6.45) is 5.27. The maximum Gasteiger partial charge on any atom is 0.270 e. The van der Waals surface area contributed by atoms with Gasteiger partial charge in [-0.25, -0.2) is 13.4 Å². The Bertz CT molecular complexity index is 1010. The first-order chi connectivity index (χ1) is 14.4. The number of carbonyl (C=O) groups is 1. The predicted octanol–water partition coefficient (Wildman–Crippen LogP) is 2.32. The third kappa shape index (κ3) is 4.26. The van der Waals surface area contributed by atoms with Crippen LogP contribution in [0.25, 0.3) is 0 Å². The van der Waals surface area contributed by atoms with Gasteiger partial charge in [-0.2, -0.15) is 4.31 Å². The number of rotatable bonds is 4. The zero-order valence-corrected chi connectivity index (χ0v) is 19.2. The van der Waals surface area contributed by atoms with E-state index < -0.39 is 10.0 Å². The van der Waals surface area contributed by atoms with Crippen LogP contribution in [0.4, 0.5) is 5.13 Å². The van der Waals surface area contributed by atoms with Gasteiger partial charge in [-0.1, -0.05) is 6.42 Å². The van der Waals surface area contributed by atoms with Crippen LogP contribution in [0.3, 0.4) is 0 Å². The third-order valence-corrected chi connectivity index (χ3v) is 8.70. The van der Waals surface area contributed by atoms with Gasteiger partial charge in [-0.3, -0.25) is 4.79 Å². The van der Waals surface area contributed by atoms with E-state index in [4.69, 9.17) is 0 Å². The number of hydrogen-bond acceptors (Lipinski definition) is 6. The van der Waals surface area contributed by atoms with E-state index in [-0.39, 0.29) is 10.8 Å². The van der Waals surface area contributed by atoms with E-state index in [1.165, 1.54) is 0 Å². The minimum Gasteiger partial charge on any atom is -0.346 e. The minimum atomic E-state index is -3.55. The maximum absolute atomic E-state index is 13.2. The molecule has 0 unspecified atom stereocenters. The summed E-state index contributed by atoms with van der Waals surface area (Å²) < 4.78 is 29.2. The molecule has 2 aromatic heterocycles. The first kappa shape index (κ1) is 21.3. The minimum absolute atomic E-state index is 0.116. The molecule has 2 aromatic rings. The molecule has 164 valence electrons. The molecule has 0 aromatic carbocycles. The van der Waals surface area contributed by atoms with Crippen LogP contribution in [0.2, 0.25) is 0 Å². The van der Waals surface area contributed by atoms with E-state index in [1.807, 2.05) is 17.2 Å². The van der Waals surface area contributed by atoms with Crippen LogP contribution in [0.5, 0.6) is 0 Å². The van der Waals surface area contributed by atoms with Crippen LogP contribution in [0.1, 0.15) is 41.9 Å². The molecule has 10 heteroatoms. The molecule has 0 spiro atoms.